The molecule has 0 rings (SSSR count). The lowest BCUT2D eigenvalue weighted by Gasteiger charge is -2.12. The highest BCUT2D eigenvalue weighted by Crippen LogP contribution is 2.19. The van der Waals surface area contributed by atoms with Crippen LogP contribution in [0.5, 0.6) is 0 Å². The summed E-state index contributed by atoms with van der Waals surface area (Å²) in [5.41, 5.74) is 5.23. The maximum Gasteiger partial charge on any atom is 0.322 e. The van der Waals surface area contributed by atoms with E-state index in [1.807, 2.05) is 0 Å². The molecule has 72 valence electrons. The van der Waals surface area contributed by atoms with Crippen LogP contribution in [-0.2, 0) is 9.53 Å². The predicted octanol–water partition coefficient (Wildman–Crippen LogP) is 0.922. The molecule has 0 fully saturated rings. The van der Waals surface area contributed by atoms with E-state index in [0.29, 0.717) is 0 Å². The number of ether oxygens (including phenoxy) is 1. The molecule has 0 aromatic rings. The third-order valence-corrected chi connectivity index (χ3v) is 1.40. The second-order valence-corrected chi connectivity index (χ2v) is 2.74. The maximum atomic E-state index is 12.2. The van der Waals surface area contributed by atoms with E-state index in [1.54, 1.807) is 0 Å². The lowest BCUT2D eigenvalue weighted by Crippen LogP contribution is -2.32. The predicted molar refractivity (Wildman–Crippen MR) is 39.8 cm³/mol. The molecule has 5 heteroatoms. The van der Waals surface area contributed by atoms with Gasteiger partial charge in [-0.2, -0.15) is 0 Å². The number of carbonyl (C=O) groups excluding carboxylic acids is 1. The number of hydrogen-bond acceptors (Lipinski definition) is 3. The number of methoxy groups -OCH3 is 1. The fourth-order valence-electron chi connectivity index (χ4n) is 0.678. The Labute approximate surface area is 69.9 Å². The molecule has 12 heavy (non-hydrogen) atoms. The molecule has 3 nitrogen and oxygen atoms in total. The van der Waals surface area contributed by atoms with Gasteiger partial charge in [0.2, 0.25) is 5.92 Å². The van der Waals surface area contributed by atoms with E-state index in [1.165, 1.54) is 7.11 Å². The molecule has 0 amide bonds. The zero-order valence-electron chi connectivity index (χ0n) is 7.14. The Kier molecular flexibility index (Phi) is 4.09. The molecule has 0 bridgehead atoms. The molecular formula is C7H13F2NO2. The van der Waals surface area contributed by atoms with Crippen LogP contribution in [0.3, 0.4) is 0 Å². The monoisotopic (exact) mass is 181 g/mol. The number of esters is 1. The Morgan fingerprint density at radius 3 is 2.50 bits per heavy atom. The van der Waals surface area contributed by atoms with Gasteiger partial charge < -0.3 is 10.5 Å². The normalized spacial score (nSPS) is 14.1. The van der Waals surface area contributed by atoms with Gasteiger partial charge in [-0.1, -0.05) is 0 Å². The van der Waals surface area contributed by atoms with E-state index < -0.39 is 24.4 Å². The molecule has 0 spiro atoms. The first-order chi connectivity index (χ1) is 5.37. The Morgan fingerprint density at radius 2 is 2.17 bits per heavy atom. The number of alkyl halides is 2. The van der Waals surface area contributed by atoms with E-state index >= 15 is 0 Å². The highest BCUT2D eigenvalue weighted by molar-refractivity contribution is 5.75. The van der Waals surface area contributed by atoms with Gasteiger partial charge >= 0.3 is 5.97 Å². The molecule has 0 aliphatic heterocycles. The molecule has 0 saturated heterocycles. The van der Waals surface area contributed by atoms with Crippen molar-refractivity contribution in [2.75, 3.05) is 7.11 Å². The van der Waals surface area contributed by atoms with Crippen molar-refractivity contribution in [1.29, 1.82) is 0 Å². The standard InChI is InChI=1S/C7H13F2NO2/c1-7(8,9)4-3-5(10)6(11)12-2/h5H,3-4,10H2,1-2H3/t5-/m1/s1. The van der Waals surface area contributed by atoms with Gasteiger partial charge in [0.25, 0.3) is 0 Å². The molecule has 0 saturated carbocycles. The number of halogens is 2. The largest absolute Gasteiger partial charge is 0.468 e. The number of hydrogen-bond donors (Lipinski definition) is 1. The van der Waals surface area contributed by atoms with Crippen molar-refractivity contribution in [3.63, 3.8) is 0 Å². The quantitative estimate of drug-likeness (QED) is 0.656. The number of carbonyl (C=O) groups is 1. The van der Waals surface area contributed by atoms with E-state index in [2.05, 4.69) is 4.74 Å². The highest BCUT2D eigenvalue weighted by Gasteiger charge is 2.24. The summed E-state index contributed by atoms with van der Waals surface area (Å²) in [4.78, 5) is 10.6. The first-order valence-corrected chi connectivity index (χ1v) is 3.58. The summed E-state index contributed by atoms with van der Waals surface area (Å²) >= 11 is 0. The molecule has 0 radical (unpaired) electrons. The minimum absolute atomic E-state index is 0.0594. The lowest BCUT2D eigenvalue weighted by atomic mass is 10.1. The molecule has 1 atom stereocenters. The zero-order chi connectivity index (χ0) is 9.78. The van der Waals surface area contributed by atoms with E-state index in [0.717, 1.165) is 6.92 Å². The summed E-state index contributed by atoms with van der Waals surface area (Å²) in [6.45, 7) is 0.789. The van der Waals surface area contributed by atoms with Crippen LogP contribution in [0, 0.1) is 0 Å². The second kappa shape index (κ2) is 4.35. The summed E-state index contributed by atoms with van der Waals surface area (Å²) in [6, 6.07) is -0.944. The Morgan fingerprint density at radius 1 is 1.67 bits per heavy atom. The summed E-state index contributed by atoms with van der Waals surface area (Å²) < 4.78 is 28.8. The van der Waals surface area contributed by atoms with Gasteiger partial charge in [-0.05, 0) is 13.3 Å². The summed E-state index contributed by atoms with van der Waals surface area (Å²) in [7, 11) is 1.17. The molecule has 2 N–H and O–H groups in total. The van der Waals surface area contributed by atoms with Gasteiger partial charge in [0.1, 0.15) is 6.04 Å². The number of rotatable bonds is 4. The van der Waals surface area contributed by atoms with E-state index in [4.69, 9.17) is 5.73 Å². The second-order valence-electron chi connectivity index (χ2n) is 2.74. The van der Waals surface area contributed by atoms with Crippen molar-refractivity contribution < 1.29 is 18.3 Å². The highest BCUT2D eigenvalue weighted by atomic mass is 19.3. The SMILES string of the molecule is COC(=O)[C@H](N)CCC(C)(F)F. The van der Waals surface area contributed by atoms with Crippen LogP contribution >= 0.6 is 0 Å². The summed E-state index contributed by atoms with van der Waals surface area (Å²) in [6.07, 6.45) is -0.459. The number of nitrogens with two attached hydrogens (primary N) is 1. The Bertz CT molecular complexity index is 156. The van der Waals surface area contributed by atoms with Gasteiger partial charge in [-0.25, -0.2) is 8.78 Å². The van der Waals surface area contributed by atoms with Crippen molar-refractivity contribution in [3.8, 4) is 0 Å². The maximum absolute atomic E-state index is 12.2. The molecule has 0 aromatic heterocycles. The van der Waals surface area contributed by atoms with Crippen LogP contribution in [0.15, 0.2) is 0 Å². The van der Waals surface area contributed by atoms with Gasteiger partial charge in [0.15, 0.2) is 0 Å². The van der Waals surface area contributed by atoms with Crippen LogP contribution in [0.4, 0.5) is 8.78 Å². The van der Waals surface area contributed by atoms with Crippen molar-refractivity contribution >= 4 is 5.97 Å². The van der Waals surface area contributed by atoms with Crippen LogP contribution < -0.4 is 5.73 Å². The smallest absolute Gasteiger partial charge is 0.322 e. The third-order valence-electron chi connectivity index (χ3n) is 1.40. The van der Waals surface area contributed by atoms with Crippen molar-refractivity contribution in [2.24, 2.45) is 5.73 Å². The van der Waals surface area contributed by atoms with Gasteiger partial charge in [-0.15, -0.1) is 0 Å². The Hall–Kier alpha value is -0.710. The lowest BCUT2D eigenvalue weighted by molar-refractivity contribution is -0.142. The minimum Gasteiger partial charge on any atom is -0.468 e. The van der Waals surface area contributed by atoms with Crippen LogP contribution in [0.25, 0.3) is 0 Å². The van der Waals surface area contributed by atoms with Gasteiger partial charge in [0.05, 0.1) is 7.11 Å². The van der Waals surface area contributed by atoms with E-state index in [9.17, 15) is 13.6 Å². The van der Waals surface area contributed by atoms with Crippen LogP contribution in [0.2, 0.25) is 0 Å². The average Bonchev–Trinajstić information content (AvgIpc) is 1.97. The molecular weight excluding hydrogens is 168 g/mol. The summed E-state index contributed by atoms with van der Waals surface area (Å²) in [5, 5.41) is 0. The first kappa shape index (κ1) is 11.3. The molecule has 0 aromatic carbocycles. The van der Waals surface area contributed by atoms with Crippen molar-refractivity contribution in [1.82, 2.24) is 0 Å². The molecule has 0 aliphatic rings. The van der Waals surface area contributed by atoms with Crippen LogP contribution in [0.1, 0.15) is 19.8 Å². The molecule has 0 unspecified atom stereocenters. The molecule has 0 heterocycles. The fraction of sp³-hybridized carbons (Fsp3) is 0.857. The average molecular weight is 181 g/mol. The summed E-state index contributed by atoms with van der Waals surface area (Å²) in [5.74, 6) is -3.43. The van der Waals surface area contributed by atoms with Crippen molar-refractivity contribution in [3.05, 3.63) is 0 Å². The minimum atomic E-state index is -2.77. The first-order valence-electron chi connectivity index (χ1n) is 3.58. The van der Waals surface area contributed by atoms with E-state index in [-0.39, 0.29) is 6.42 Å². The van der Waals surface area contributed by atoms with Gasteiger partial charge in [-0.3, -0.25) is 4.79 Å². The molecule has 0 aliphatic carbocycles. The van der Waals surface area contributed by atoms with Crippen LogP contribution in [-0.4, -0.2) is 25.0 Å². The topological polar surface area (TPSA) is 52.3 Å². The fourth-order valence-corrected chi connectivity index (χ4v) is 0.678. The zero-order valence-corrected chi connectivity index (χ0v) is 7.14. The van der Waals surface area contributed by atoms with Crippen molar-refractivity contribution in [2.45, 2.75) is 31.7 Å². The third kappa shape index (κ3) is 5.01. The van der Waals surface area contributed by atoms with Gasteiger partial charge in [0, 0.05) is 6.42 Å². The Balaban J connectivity index is 3.72.